The minimum atomic E-state index is -4.36. The third kappa shape index (κ3) is 3.05. The Morgan fingerprint density at radius 2 is 1.94 bits per heavy atom. The topological polar surface area (TPSA) is 9.23 Å². The lowest BCUT2D eigenvalue weighted by molar-refractivity contribution is -0.128. The summed E-state index contributed by atoms with van der Waals surface area (Å²) in [5, 5.41) is 0.126. The average Bonchev–Trinajstić information content (AvgIpc) is 2.14. The number of halogens is 6. The first kappa shape index (κ1) is 14.1. The Morgan fingerprint density at radius 1 is 1.38 bits per heavy atom. The van der Waals surface area contributed by atoms with E-state index in [1.807, 2.05) is 0 Å². The van der Waals surface area contributed by atoms with Crippen LogP contribution in [0.2, 0.25) is 5.02 Å². The van der Waals surface area contributed by atoms with E-state index >= 15 is 0 Å². The quantitative estimate of drug-likeness (QED) is 0.646. The molecule has 0 saturated carbocycles. The maximum Gasteiger partial charge on any atom is 0.405 e. The van der Waals surface area contributed by atoms with Crippen molar-refractivity contribution in [2.24, 2.45) is 0 Å². The van der Waals surface area contributed by atoms with Gasteiger partial charge < -0.3 is 4.74 Å². The van der Waals surface area contributed by atoms with Crippen LogP contribution < -0.4 is 4.74 Å². The molecule has 1 aromatic carbocycles. The first-order chi connectivity index (χ1) is 7.27. The highest BCUT2D eigenvalue weighted by Gasteiger charge is 2.39. The van der Waals surface area contributed by atoms with Crippen LogP contribution >= 0.6 is 43.5 Å². The summed E-state index contributed by atoms with van der Waals surface area (Å²) in [4.78, 5) is -1.75. The van der Waals surface area contributed by atoms with Gasteiger partial charge in [0.1, 0.15) is 4.83 Å². The summed E-state index contributed by atoms with van der Waals surface area (Å²) >= 11 is 11.5. The number of rotatable bonds is 2. The van der Waals surface area contributed by atoms with Crippen molar-refractivity contribution in [2.75, 3.05) is 7.11 Å². The maximum absolute atomic E-state index is 12.4. The number of alkyl halides is 4. The largest absolute Gasteiger partial charge is 0.494 e. The summed E-state index contributed by atoms with van der Waals surface area (Å²) in [5.74, 6) is 0.312. The third-order valence-electron chi connectivity index (χ3n) is 1.80. The van der Waals surface area contributed by atoms with Gasteiger partial charge >= 0.3 is 6.18 Å². The van der Waals surface area contributed by atoms with E-state index in [0.29, 0.717) is 10.2 Å². The summed E-state index contributed by atoms with van der Waals surface area (Å²) in [6, 6.07) is 2.54. The fraction of sp³-hybridized carbons (Fsp3) is 0.333. The molecule has 1 atom stereocenters. The highest BCUT2D eigenvalue weighted by atomic mass is 79.9. The first-order valence-corrected chi connectivity index (χ1v) is 6.09. The Kier molecular flexibility index (Phi) is 4.54. The molecular formula is C9H6Br2ClF3O. The van der Waals surface area contributed by atoms with Gasteiger partial charge in [0, 0.05) is 0 Å². The molecular weight excluding hydrogens is 376 g/mol. The van der Waals surface area contributed by atoms with Crippen LogP contribution in [0.4, 0.5) is 13.2 Å². The molecule has 0 saturated heterocycles. The minimum Gasteiger partial charge on any atom is -0.494 e. The van der Waals surface area contributed by atoms with Crippen molar-refractivity contribution < 1.29 is 17.9 Å². The van der Waals surface area contributed by atoms with E-state index in [-0.39, 0.29) is 10.6 Å². The van der Waals surface area contributed by atoms with E-state index in [0.717, 1.165) is 0 Å². The number of benzene rings is 1. The molecule has 16 heavy (non-hydrogen) atoms. The summed E-state index contributed by atoms with van der Waals surface area (Å²) in [6.45, 7) is 0. The van der Waals surface area contributed by atoms with Crippen molar-refractivity contribution in [2.45, 2.75) is 11.0 Å². The number of ether oxygens (including phenoxy) is 1. The molecule has 1 unspecified atom stereocenters. The summed E-state index contributed by atoms with van der Waals surface area (Å²) in [5.41, 5.74) is 0.0187. The molecule has 0 radical (unpaired) electrons. The van der Waals surface area contributed by atoms with E-state index in [9.17, 15) is 13.2 Å². The number of methoxy groups -OCH3 is 1. The van der Waals surface area contributed by atoms with Gasteiger partial charge in [0.25, 0.3) is 0 Å². The molecule has 0 bridgehead atoms. The van der Waals surface area contributed by atoms with Crippen LogP contribution in [0.25, 0.3) is 0 Å². The normalized spacial score (nSPS) is 13.7. The van der Waals surface area contributed by atoms with Gasteiger partial charge in [0.05, 0.1) is 16.6 Å². The maximum atomic E-state index is 12.4. The van der Waals surface area contributed by atoms with Gasteiger partial charge in [-0.1, -0.05) is 27.5 Å². The lowest BCUT2D eigenvalue weighted by Gasteiger charge is -2.16. The molecule has 90 valence electrons. The van der Waals surface area contributed by atoms with Crippen LogP contribution in [-0.4, -0.2) is 13.3 Å². The molecule has 0 aromatic heterocycles. The van der Waals surface area contributed by atoms with Crippen molar-refractivity contribution in [3.63, 3.8) is 0 Å². The molecule has 0 amide bonds. The Bertz CT molecular complexity index is 372. The van der Waals surface area contributed by atoms with E-state index in [4.69, 9.17) is 16.3 Å². The van der Waals surface area contributed by atoms with Gasteiger partial charge in [0.2, 0.25) is 0 Å². The van der Waals surface area contributed by atoms with Crippen molar-refractivity contribution >= 4 is 43.5 Å². The predicted molar refractivity (Wildman–Crippen MR) is 63.4 cm³/mol. The second-order valence-corrected chi connectivity index (χ2v) is 5.10. The van der Waals surface area contributed by atoms with E-state index in [2.05, 4.69) is 31.9 Å². The molecule has 1 nitrogen and oxygen atoms in total. The Balaban J connectivity index is 3.19. The number of hydrogen-bond acceptors (Lipinski definition) is 1. The van der Waals surface area contributed by atoms with Crippen LogP contribution in [0.3, 0.4) is 0 Å². The monoisotopic (exact) mass is 380 g/mol. The Morgan fingerprint density at radius 3 is 2.31 bits per heavy atom. The second-order valence-electron chi connectivity index (χ2n) is 2.92. The molecule has 0 spiro atoms. The summed E-state index contributed by atoms with van der Waals surface area (Å²) < 4.78 is 42.6. The van der Waals surface area contributed by atoms with Gasteiger partial charge in [-0.15, -0.1) is 0 Å². The zero-order valence-electron chi connectivity index (χ0n) is 7.91. The van der Waals surface area contributed by atoms with Crippen molar-refractivity contribution in [3.05, 3.63) is 27.2 Å². The Labute approximate surface area is 112 Å². The highest BCUT2D eigenvalue weighted by molar-refractivity contribution is 9.10. The van der Waals surface area contributed by atoms with Crippen LogP contribution in [0.5, 0.6) is 5.75 Å². The fourth-order valence-corrected chi connectivity index (χ4v) is 2.43. The number of hydrogen-bond donors (Lipinski definition) is 0. The fourth-order valence-electron chi connectivity index (χ4n) is 1.11. The molecule has 1 aromatic rings. The first-order valence-electron chi connectivity index (χ1n) is 4.01. The SMILES string of the molecule is COc1c(Cl)cc(C(Br)C(F)(F)F)cc1Br. The average molecular weight is 382 g/mol. The van der Waals surface area contributed by atoms with Crippen molar-refractivity contribution in [1.29, 1.82) is 0 Å². The standard InChI is InChI=1S/C9H6Br2ClF3O/c1-16-7-5(10)2-4(3-6(7)12)8(11)9(13,14)15/h2-3,8H,1H3. The van der Waals surface area contributed by atoms with Crippen LogP contribution in [0, 0.1) is 0 Å². The lowest BCUT2D eigenvalue weighted by Crippen LogP contribution is -2.15. The molecule has 0 aliphatic heterocycles. The van der Waals surface area contributed by atoms with Crippen molar-refractivity contribution in [1.82, 2.24) is 0 Å². The van der Waals surface area contributed by atoms with Crippen molar-refractivity contribution in [3.8, 4) is 5.75 Å². The second kappa shape index (κ2) is 5.14. The van der Waals surface area contributed by atoms with Crippen LogP contribution in [0.15, 0.2) is 16.6 Å². The van der Waals surface area contributed by atoms with E-state index in [1.165, 1.54) is 19.2 Å². The van der Waals surface area contributed by atoms with Gasteiger partial charge in [-0.2, -0.15) is 13.2 Å². The summed E-state index contributed by atoms with van der Waals surface area (Å²) in [6.07, 6.45) is -4.36. The zero-order valence-corrected chi connectivity index (χ0v) is 11.8. The van der Waals surface area contributed by atoms with Crippen LogP contribution in [-0.2, 0) is 0 Å². The van der Waals surface area contributed by atoms with Gasteiger partial charge in [-0.25, -0.2) is 0 Å². The molecule has 1 rings (SSSR count). The zero-order chi connectivity index (χ0) is 12.5. The third-order valence-corrected chi connectivity index (χ3v) is 3.72. The molecule has 7 heteroatoms. The summed E-state index contributed by atoms with van der Waals surface area (Å²) in [7, 11) is 1.39. The minimum absolute atomic E-state index is 0.0187. The smallest absolute Gasteiger partial charge is 0.405 e. The highest BCUT2D eigenvalue weighted by Crippen LogP contribution is 2.43. The van der Waals surface area contributed by atoms with E-state index in [1.54, 1.807) is 0 Å². The van der Waals surface area contributed by atoms with Gasteiger partial charge in [-0.3, -0.25) is 0 Å². The molecule has 0 heterocycles. The van der Waals surface area contributed by atoms with E-state index < -0.39 is 11.0 Å². The lowest BCUT2D eigenvalue weighted by atomic mass is 10.1. The molecule has 0 aliphatic rings. The molecule has 0 aliphatic carbocycles. The molecule has 0 N–H and O–H groups in total. The van der Waals surface area contributed by atoms with Gasteiger partial charge in [-0.05, 0) is 33.6 Å². The Hall–Kier alpha value is 0.0600. The van der Waals surface area contributed by atoms with Crippen LogP contribution in [0.1, 0.15) is 10.4 Å². The molecule has 0 fully saturated rings. The van der Waals surface area contributed by atoms with Gasteiger partial charge in [0.15, 0.2) is 5.75 Å². The predicted octanol–water partition coefficient (Wildman–Crippen LogP) is 5.11.